The van der Waals surface area contributed by atoms with Crippen molar-refractivity contribution in [2.75, 3.05) is 39.5 Å². The molecule has 2 aromatic carbocycles. The summed E-state index contributed by atoms with van der Waals surface area (Å²) in [5.74, 6) is -1.25. The van der Waals surface area contributed by atoms with Gasteiger partial charge in [0.25, 0.3) is 11.8 Å². The number of carbonyl (C=O) groups is 2. The van der Waals surface area contributed by atoms with Crippen LogP contribution in [0.1, 0.15) is 37.5 Å². The van der Waals surface area contributed by atoms with Crippen LogP contribution in [-0.2, 0) is 23.6 Å². The summed E-state index contributed by atoms with van der Waals surface area (Å²) in [4.78, 5) is 34.1. The number of benzene rings is 2. The Hall–Kier alpha value is -4.13. The Morgan fingerprint density at radius 1 is 0.854 bits per heavy atom. The van der Waals surface area contributed by atoms with Crippen LogP contribution in [0.2, 0.25) is 0 Å². The molecule has 1 aromatic heterocycles. The van der Waals surface area contributed by atoms with E-state index in [1.165, 1.54) is 6.07 Å². The smallest absolute Gasteiger partial charge is 0.416 e. The molecule has 0 radical (unpaired) electrons. The Balaban J connectivity index is 1.56. The van der Waals surface area contributed by atoms with Gasteiger partial charge in [-0.3, -0.25) is 9.59 Å². The average Bonchev–Trinajstić information content (AvgIpc) is 3.10. The van der Waals surface area contributed by atoms with Crippen LogP contribution >= 0.6 is 0 Å². The first kappa shape index (κ1) is 28.4. The Kier molecular flexibility index (Phi) is 7.64. The number of ether oxygens (including phenoxy) is 2. The second kappa shape index (κ2) is 11.0. The topological polar surface area (TPSA) is 72.0 Å². The SMILES string of the molecule is O=C(c1cc(-c2ccccc2)c2c(n1)OCCN(Cc1cc(C(F)(F)F)cc(C(F)(F)F)c1)C2=O)N1CCOCC1. The molecule has 0 bridgehead atoms. The van der Waals surface area contributed by atoms with E-state index in [1.807, 2.05) is 0 Å². The lowest BCUT2D eigenvalue weighted by molar-refractivity contribution is -0.143. The van der Waals surface area contributed by atoms with E-state index in [1.54, 1.807) is 35.2 Å². The molecule has 3 heterocycles. The number of alkyl halides is 6. The molecule has 13 heteroatoms. The van der Waals surface area contributed by atoms with Gasteiger partial charge in [-0.05, 0) is 35.4 Å². The predicted molar refractivity (Wildman–Crippen MR) is 133 cm³/mol. The molecule has 2 amide bonds. The van der Waals surface area contributed by atoms with Gasteiger partial charge in [-0.15, -0.1) is 0 Å². The van der Waals surface area contributed by atoms with Gasteiger partial charge in [-0.1, -0.05) is 30.3 Å². The molecule has 216 valence electrons. The number of carbonyl (C=O) groups excluding carboxylic acids is 2. The number of pyridine rings is 1. The molecule has 2 aliphatic rings. The summed E-state index contributed by atoms with van der Waals surface area (Å²) >= 11 is 0. The van der Waals surface area contributed by atoms with Crippen LogP contribution in [0.3, 0.4) is 0 Å². The van der Waals surface area contributed by atoms with Crippen molar-refractivity contribution < 1.29 is 45.4 Å². The molecule has 0 N–H and O–H groups in total. The zero-order chi connectivity index (χ0) is 29.4. The summed E-state index contributed by atoms with van der Waals surface area (Å²) in [7, 11) is 0. The maximum Gasteiger partial charge on any atom is 0.416 e. The highest BCUT2D eigenvalue weighted by atomic mass is 19.4. The molecular weight excluding hydrogens is 556 g/mol. The van der Waals surface area contributed by atoms with E-state index in [9.17, 15) is 35.9 Å². The minimum Gasteiger partial charge on any atom is -0.475 e. The van der Waals surface area contributed by atoms with Crippen molar-refractivity contribution in [3.8, 4) is 17.0 Å². The largest absolute Gasteiger partial charge is 0.475 e. The first-order valence-electron chi connectivity index (χ1n) is 12.6. The third-order valence-corrected chi connectivity index (χ3v) is 6.71. The van der Waals surface area contributed by atoms with Crippen LogP contribution in [0.15, 0.2) is 54.6 Å². The number of halogens is 6. The maximum atomic E-state index is 13.8. The van der Waals surface area contributed by atoms with Gasteiger partial charge < -0.3 is 19.3 Å². The van der Waals surface area contributed by atoms with E-state index in [-0.39, 0.29) is 41.9 Å². The third-order valence-electron chi connectivity index (χ3n) is 6.71. The second-order valence-corrected chi connectivity index (χ2v) is 9.50. The zero-order valence-corrected chi connectivity index (χ0v) is 21.4. The van der Waals surface area contributed by atoms with Gasteiger partial charge >= 0.3 is 12.4 Å². The van der Waals surface area contributed by atoms with Crippen LogP contribution in [0.5, 0.6) is 5.88 Å². The Bertz CT molecular complexity index is 1420. The molecular formula is C28H23F6N3O4. The summed E-state index contributed by atoms with van der Waals surface area (Å²) in [5.41, 5.74) is -2.48. The standard InChI is InChI=1S/C28H23F6N3O4/c29-27(30,31)19-12-17(13-20(14-19)28(32,33)34)16-37-8-11-41-24-23(26(37)39)21(18-4-2-1-3-5-18)15-22(35-24)25(38)36-6-9-40-10-7-36/h1-5,12-15H,6-11,16H2. The van der Waals surface area contributed by atoms with Crippen LogP contribution in [-0.4, -0.2) is 66.1 Å². The molecule has 1 saturated heterocycles. The van der Waals surface area contributed by atoms with Gasteiger partial charge in [-0.25, -0.2) is 4.98 Å². The number of amides is 2. The van der Waals surface area contributed by atoms with Crippen molar-refractivity contribution in [1.82, 2.24) is 14.8 Å². The summed E-state index contributed by atoms with van der Waals surface area (Å²) in [6, 6.07) is 11.2. The lowest BCUT2D eigenvalue weighted by atomic mass is 9.98. The summed E-state index contributed by atoms with van der Waals surface area (Å²) in [5, 5.41) is 0. The van der Waals surface area contributed by atoms with Gasteiger partial charge in [0, 0.05) is 25.2 Å². The van der Waals surface area contributed by atoms with Gasteiger partial charge in [0.1, 0.15) is 17.9 Å². The molecule has 0 spiro atoms. The van der Waals surface area contributed by atoms with E-state index in [0.29, 0.717) is 49.6 Å². The Morgan fingerprint density at radius 3 is 2.10 bits per heavy atom. The fraction of sp³-hybridized carbons (Fsp3) is 0.321. The molecule has 0 atom stereocenters. The van der Waals surface area contributed by atoms with Crippen molar-refractivity contribution in [3.05, 3.63) is 82.5 Å². The third kappa shape index (κ3) is 6.14. The molecule has 0 aliphatic carbocycles. The number of aromatic nitrogens is 1. The summed E-state index contributed by atoms with van der Waals surface area (Å²) in [6.07, 6.45) is -10.1. The van der Waals surface area contributed by atoms with E-state index in [4.69, 9.17) is 9.47 Å². The van der Waals surface area contributed by atoms with Crippen molar-refractivity contribution in [2.45, 2.75) is 18.9 Å². The Labute approximate surface area is 230 Å². The first-order valence-corrected chi connectivity index (χ1v) is 12.6. The number of hydrogen-bond donors (Lipinski definition) is 0. The average molecular weight is 579 g/mol. The Morgan fingerprint density at radius 2 is 1.49 bits per heavy atom. The van der Waals surface area contributed by atoms with Gasteiger partial charge in [0.15, 0.2) is 0 Å². The van der Waals surface area contributed by atoms with Crippen LogP contribution in [0.4, 0.5) is 26.3 Å². The monoisotopic (exact) mass is 579 g/mol. The van der Waals surface area contributed by atoms with Crippen LogP contribution < -0.4 is 4.74 Å². The minimum absolute atomic E-state index is 0.0263. The lowest BCUT2D eigenvalue weighted by Crippen LogP contribution is -2.41. The van der Waals surface area contributed by atoms with Crippen LogP contribution in [0.25, 0.3) is 11.1 Å². The molecule has 5 rings (SSSR count). The number of morpholine rings is 1. The molecule has 41 heavy (non-hydrogen) atoms. The first-order chi connectivity index (χ1) is 19.4. The molecule has 7 nitrogen and oxygen atoms in total. The number of fused-ring (bicyclic) bond motifs is 1. The predicted octanol–water partition coefficient (Wildman–Crippen LogP) is 5.29. The molecule has 0 saturated carbocycles. The number of nitrogens with zero attached hydrogens (tertiary/aromatic N) is 3. The van der Waals surface area contributed by atoms with Gasteiger partial charge in [0.05, 0.1) is 30.9 Å². The van der Waals surface area contributed by atoms with Crippen molar-refractivity contribution >= 4 is 11.8 Å². The van der Waals surface area contributed by atoms with Crippen molar-refractivity contribution in [3.63, 3.8) is 0 Å². The fourth-order valence-electron chi connectivity index (χ4n) is 4.71. The number of rotatable bonds is 4. The van der Waals surface area contributed by atoms with E-state index < -0.39 is 41.8 Å². The molecule has 1 fully saturated rings. The molecule has 2 aliphatic heterocycles. The fourth-order valence-corrected chi connectivity index (χ4v) is 4.71. The van der Waals surface area contributed by atoms with Gasteiger partial charge in [0.2, 0.25) is 5.88 Å². The van der Waals surface area contributed by atoms with E-state index >= 15 is 0 Å². The number of hydrogen-bond acceptors (Lipinski definition) is 5. The summed E-state index contributed by atoms with van der Waals surface area (Å²) < 4.78 is 91.6. The maximum absolute atomic E-state index is 13.8. The normalized spacial score (nSPS) is 16.2. The minimum atomic E-state index is -5.03. The van der Waals surface area contributed by atoms with E-state index in [0.717, 1.165) is 4.90 Å². The summed E-state index contributed by atoms with van der Waals surface area (Å²) in [6.45, 7) is 0.576. The highest BCUT2D eigenvalue weighted by Crippen LogP contribution is 2.38. The van der Waals surface area contributed by atoms with Crippen LogP contribution in [0, 0.1) is 0 Å². The molecule has 3 aromatic rings. The van der Waals surface area contributed by atoms with Crippen molar-refractivity contribution in [1.29, 1.82) is 0 Å². The quantitative estimate of drug-likeness (QED) is 0.393. The van der Waals surface area contributed by atoms with Gasteiger partial charge in [-0.2, -0.15) is 26.3 Å². The highest BCUT2D eigenvalue weighted by molar-refractivity contribution is 6.05. The highest BCUT2D eigenvalue weighted by Gasteiger charge is 2.38. The van der Waals surface area contributed by atoms with Crippen molar-refractivity contribution in [2.24, 2.45) is 0 Å². The molecule has 0 unspecified atom stereocenters. The second-order valence-electron chi connectivity index (χ2n) is 9.50. The zero-order valence-electron chi connectivity index (χ0n) is 21.4. The lowest BCUT2D eigenvalue weighted by Gasteiger charge is -2.27. The van der Waals surface area contributed by atoms with E-state index in [2.05, 4.69) is 4.98 Å².